The second-order valence-electron chi connectivity index (χ2n) is 8.57. The fourth-order valence-electron chi connectivity index (χ4n) is 4.92. The molecule has 4 rings (SSSR count). The normalized spacial score (nSPS) is 34.1. The van der Waals surface area contributed by atoms with Crippen LogP contribution in [-0.4, -0.2) is 23.9 Å². The number of nitrogens with two attached hydrogens (primary N) is 1. The lowest BCUT2D eigenvalue weighted by Gasteiger charge is -2.45. The maximum atomic E-state index is 12.8. The van der Waals surface area contributed by atoms with Crippen LogP contribution in [0.2, 0.25) is 0 Å². The smallest absolute Gasteiger partial charge is 0.251 e. The summed E-state index contributed by atoms with van der Waals surface area (Å²) in [5, 5.41) is 6.22. The molecular formula is C21H30ClN3O2. The number of anilines is 1. The van der Waals surface area contributed by atoms with E-state index in [0.29, 0.717) is 29.0 Å². The van der Waals surface area contributed by atoms with Crippen LogP contribution in [0.3, 0.4) is 0 Å². The van der Waals surface area contributed by atoms with Crippen molar-refractivity contribution in [3.05, 3.63) is 29.8 Å². The van der Waals surface area contributed by atoms with Crippen LogP contribution >= 0.6 is 12.4 Å². The standard InChI is InChI=1S/C21H29N3O2.ClH/c1-12-8-18(12)21(26)23-17-7-3-6-15(11-17)20(25)24-19-13-4-2-5-14(19)10-16(22)9-13;/h3,6-7,11-14,16,18-19H,2,4-5,8-10,22H2,1H3,(H,23,26)(H,24,25);1H. The van der Waals surface area contributed by atoms with Crippen LogP contribution in [0.25, 0.3) is 0 Å². The van der Waals surface area contributed by atoms with Crippen molar-refractivity contribution in [1.82, 2.24) is 5.32 Å². The van der Waals surface area contributed by atoms with Gasteiger partial charge in [0.05, 0.1) is 0 Å². The summed E-state index contributed by atoms with van der Waals surface area (Å²) in [7, 11) is 0. The summed E-state index contributed by atoms with van der Waals surface area (Å²) in [6.45, 7) is 2.08. The van der Waals surface area contributed by atoms with Crippen molar-refractivity contribution in [1.29, 1.82) is 0 Å². The van der Waals surface area contributed by atoms with E-state index in [1.54, 1.807) is 6.07 Å². The predicted octanol–water partition coefficient (Wildman–Crippen LogP) is 3.34. The van der Waals surface area contributed by atoms with Crippen LogP contribution in [-0.2, 0) is 4.79 Å². The molecule has 4 unspecified atom stereocenters. The number of nitrogens with one attached hydrogen (secondary N) is 2. The van der Waals surface area contributed by atoms with Crippen LogP contribution in [0.1, 0.15) is 55.8 Å². The van der Waals surface area contributed by atoms with E-state index in [2.05, 4.69) is 17.6 Å². The third-order valence-corrected chi connectivity index (χ3v) is 6.51. The predicted molar refractivity (Wildman–Crippen MR) is 109 cm³/mol. The molecule has 6 heteroatoms. The zero-order valence-electron chi connectivity index (χ0n) is 15.8. The Hall–Kier alpha value is -1.59. The van der Waals surface area contributed by atoms with Crippen LogP contribution in [0.5, 0.6) is 0 Å². The van der Waals surface area contributed by atoms with Crippen LogP contribution in [0, 0.1) is 23.7 Å². The highest BCUT2D eigenvalue weighted by Crippen LogP contribution is 2.40. The monoisotopic (exact) mass is 391 g/mol. The van der Waals surface area contributed by atoms with Gasteiger partial charge in [-0.3, -0.25) is 9.59 Å². The Balaban J connectivity index is 0.00000210. The average Bonchev–Trinajstić information content (AvgIpc) is 3.33. The SMILES string of the molecule is CC1CC1C(=O)Nc1cccc(C(=O)NC2C3CCCC2CC(N)C3)c1.Cl. The van der Waals surface area contributed by atoms with Gasteiger partial charge in [-0.05, 0) is 68.1 Å². The zero-order valence-corrected chi connectivity index (χ0v) is 16.6. The van der Waals surface area contributed by atoms with E-state index >= 15 is 0 Å². The number of carbonyl (C=O) groups is 2. The Bertz CT molecular complexity index is 696. The minimum absolute atomic E-state index is 0. The number of carbonyl (C=O) groups excluding carboxylic acids is 2. The van der Waals surface area contributed by atoms with Gasteiger partial charge in [0.1, 0.15) is 0 Å². The highest BCUT2D eigenvalue weighted by atomic mass is 35.5. The van der Waals surface area contributed by atoms with Crippen LogP contribution < -0.4 is 16.4 Å². The molecule has 4 atom stereocenters. The second-order valence-corrected chi connectivity index (χ2v) is 8.57. The molecule has 0 aromatic heterocycles. The number of hydrogen-bond donors (Lipinski definition) is 3. The summed E-state index contributed by atoms with van der Waals surface area (Å²) in [5.74, 6) is 1.61. The lowest BCUT2D eigenvalue weighted by molar-refractivity contribution is -0.117. The maximum Gasteiger partial charge on any atom is 0.251 e. The molecule has 0 heterocycles. The topological polar surface area (TPSA) is 84.2 Å². The van der Waals surface area contributed by atoms with E-state index in [1.165, 1.54) is 6.42 Å². The summed E-state index contributed by atoms with van der Waals surface area (Å²) in [4.78, 5) is 24.9. The molecule has 3 fully saturated rings. The lowest BCUT2D eigenvalue weighted by Crippen LogP contribution is -2.53. The van der Waals surface area contributed by atoms with Gasteiger partial charge in [-0.2, -0.15) is 0 Å². The Morgan fingerprint density at radius 2 is 1.78 bits per heavy atom. The molecule has 1 aromatic rings. The Morgan fingerprint density at radius 1 is 1.11 bits per heavy atom. The Kier molecular flexibility index (Phi) is 6.11. The van der Waals surface area contributed by atoms with Crippen molar-refractivity contribution in [2.45, 2.75) is 57.5 Å². The summed E-state index contributed by atoms with van der Waals surface area (Å²) in [6, 6.07) is 7.79. The first-order valence-electron chi connectivity index (χ1n) is 9.98. The number of benzene rings is 1. The third-order valence-electron chi connectivity index (χ3n) is 6.51. The summed E-state index contributed by atoms with van der Waals surface area (Å²) in [6.07, 6.45) is 6.54. The summed E-state index contributed by atoms with van der Waals surface area (Å²) < 4.78 is 0. The van der Waals surface area contributed by atoms with E-state index in [9.17, 15) is 9.59 Å². The quantitative estimate of drug-likeness (QED) is 0.735. The van der Waals surface area contributed by atoms with Crippen molar-refractivity contribution >= 4 is 29.9 Å². The zero-order chi connectivity index (χ0) is 18.3. The third kappa shape index (κ3) is 4.46. The highest BCUT2D eigenvalue weighted by molar-refractivity contribution is 5.98. The van der Waals surface area contributed by atoms with Gasteiger partial charge in [-0.15, -0.1) is 12.4 Å². The van der Waals surface area contributed by atoms with Gasteiger partial charge in [0, 0.05) is 29.3 Å². The molecule has 3 saturated carbocycles. The lowest BCUT2D eigenvalue weighted by atomic mass is 9.67. The number of fused-ring (bicyclic) bond motifs is 2. The first-order valence-corrected chi connectivity index (χ1v) is 9.98. The fraction of sp³-hybridized carbons (Fsp3) is 0.619. The molecule has 27 heavy (non-hydrogen) atoms. The maximum absolute atomic E-state index is 12.8. The van der Waals surface area contributed by atoms with Crippen molar-refractivity contribution < 1.29 is 9.59 Å². The molecule has 3 aliphatic rings. The van der Waals surface area contributed by atoms with Crippen molar-refractivity contribution in [3.8, 4) is 0 Å². The first-order chi connectivity index (χ1) is 12.5. The number of amides is 2. The minimum Gasteiger partial charge on any atom is -0.349 e. The molecule has 4 N–H and O–H groups in total. The molecule has 0 aliphatic heterocycles. The number of hydrogen-bond acceptors (Lipinski definition) is 3. The van der Waals surface area contributed by atoms with Gasteiger partial charge < -0.3 is 16.4 Å². The summed E-state index contributed by atoms with van der Waals surface area (Å²) in [5.41, 5.74) is 7.49. The molecular weight excluding hydrogens is 362 g/mol. The molecule has 0 saturated heterocycles. The van der Waals surface area contributed by atoms with E-state index in [4.69, 9.17) is 5.73 Å². The van der Waals surface area contributed by atoms with Crippen LogP contribution in [0.15, 0.2) is 24.3 Å². The van der Waals surface area contributed by atoms with E-state index in [0.717, 1.165) is 32.1 Å². The van der Waals surface area contributed by atoms with Gasteiger partial charge in [0.2, 0.25) is 5.91 Å². The number of rotatable bonds is 4. The minimum atomic E-state index is -0.0433. The van der Waals surface area contributed by atoms with Gasteiger partial charge in [-0.1, -0.05) is 19.4 Å². The second kappa shape index (κ2) is 8.19. The molecule has 2 amide bonds. The molecule has 2 bridgehead atoms. The van der Waals surface area contributed by atoms with E-state index < -0.39 is 0 Å². The van der Waals surface area contributed by atoms with Crippen LogP contribution in [0.4, 0.5) is 5.69 Å². The highest BCUT2D eigenvalue weighted by Gasteiger charge is 2.40. The first kappa shape index (κ1) is 20.2. The van der Waals surface area contributed by atoms with Gasteiger partial charge in [0.15, 0.2) is 0 Å². The largest absolute Gasteiger partial charge is 0.349 e. The van der Waals surface area contributed by atoms with E-state index in [1.807, 2.05) is 18.2 Å². The van der Waals surface area contributed by atoms with Gasteiger partial charge in [0.25, 0.3) is 5.91 Å². The van der Waals surface area contributed by atoms with Crippen molar-refractivity contribution in [2.75, 3.05) is 5.32 Å². The molecule has 0 spiro atoms. The molecule has 148 valence electrons. The molecule has 0 radical (unpaired) electrons. The fourth-order valence-corrected chi connectivity index (χ4v) is 4.92. The Morgan fingerprint density at radius 3 is 2.41 bits per heavy atom. The molecule has 3 aliphatic carbocycles. The van der Waals surface area contributed by atoms with E-state index in [-0.39, 0.29) is 42.2 Å². The van der Waals surface area contributed by atoms with Gasteiger partial charge in [-0.25, -0.2) is 0 Å². The average molecular weight is 392 g/mol. The van der Waals surface area contributed by atoms with Crippen molar-refractivity contribution in [3.63, 3.8) is 0 Å². The van der Waals surface area contributed by atoms with Crippen molar-refractivity contribution in [2.24, 2.45) is 29.4 Å². The molecule has 1 aromatic carbocycles. The van der Waals surface area contributed by atoms with Gasteiger partial charge >= 0.3 is 0 Å². The number of halogens is 1. The molecule has 5 nitrogen and oxygen atoms in total. The Labute approximate surface area is 167 Å². The summed E-state index contributed by atoms with van der Waals surface area (Å²) >= 11 is 0.